The van der Waals surface area contributed by atoms with Crippen LogP contribution in [-0.2, 0) is 0 Å². The predicted molar refractivity (Wildman–Crippen MR) is 188 cm³/mol. The van der Waals surface area contributed by atoms with Crippen LogP contribution in [0.4, 0.5) is 0 Å². The van der Waals surface area contributed by atoms with Gasteiger partial charge in [-0.05, 0) is 81.9 Å². The minimum absolute atomic E-state index is 0.166. The monoisotopic (exact) mass is 630 g/mol. The van der Waals surface area contributed by atoms with Gasteiger partial charge in [0.25, 0.3) is 0 Å². The van der Waals surface area contributed by atoms with Crippen LogP contribution in [0.2, 0.25) is 0 Å². The Balaban J connectivity index is 1.23. The van der Waals surface area contributed by atoms with Crippen molar-refractivity contribution in [3.63, 3.8) is 0 Å². The van der Waals surface area contributed by atoms with Crippen LogP contribution in [0, 0.1) is 0 Å². The quantitative estimate of drug-likeness (QED) is 0.0928. The first kappa shape index (κ1) is 27.7. The number of H-pyrrole nitrogens is 4. The average molecular weight is 631 g/mol. The molecule has 48 heavy (non-hydrogen) atoms. The third kappa shape index (κ3) is 4.38. The lowest BCUT2D eigenvalue weighted by Crippen LogP contribution is -2.05. The lowest BCUT2D eigenvalue weighted by Gasteiger charge is -2.21. The molecule has 0 aliphatic rings. The number of rotatable bonds is 6. The first-order valence-electron chi connectivity index (χ1n) is 15.7. The molecule has 0 radical (unpaired) electrons. The van der Waals surface area contributed by atoms with Gasteiger partial charge in [-0.3, -0.25) is 0 Å². The highest BCUT2D eigenvalue weighted by molar-refractivity contribution is 5.92. The van der Waals surface area contributed by atoms with Crippen LogP contribution in [-0.4, -0.2) is 40.4 Å². The van der Waals surface area contributed by atoms with Gasteiger partial charge in [0.2, 0.25) is 0 Å². The molecule has 0 amide bonds. The van der Waals surface area contributed by atoms with E-state index in [1.807, 2.05) is 49.1 Å². The topological polar surface area (TPSA) is 144 Å². The van der Waals surface area contributed by atoms with Gasteiger partial charge >= 0.3 is 0 Å². The van der Waals surface area contributed by atoms with Gasteiger partial charge in [-0.25, -0.2) is 0 Å². The maximum atomic E-state index is 10.2. The molecule has 0 saturated carbocycles. The molecule has 0 aliphatic heterocycles. The largest absolute Gasteiger partial charge is 0.508 e. The van der Waals surface area contributed by atoms with Crippen LogP contribution in [0.1, 0.15) is 45.2 Å². The summed E-state index contributed by atoms with van der Waals surface area (Å²) in [6.45, 7) is 0. The van der Waals surface area contributed by atoms with E-state index in [1.165, 1.54) is 0 Å². The van der Waals surface area contributed by atoms with Crippen molar-refractivity contribution in [2.75, 3.05) is 0 Å². The second-order valence-corrected chi connectivity index (χ2v) is 12.4. The maximum Gasteiger partial charge on any atom is 0.117 e. The number of aromatic amines is 4. The Labute approximate surface area is 273 Å². The van der Waals surface area contributed by atoms with E-state index in [-0.39, 0.29) is 34.8 Å². The molecule has 4 heterocycles. The van der Waals surface area contributed by atoms with E-state index in [0.717, 1.165) is 77.0 Å². The first-order chi connectivity index (χ1) is 23.4. The Hall–Kier alpha value is -6.54. The number of benzene rings is 5. The molecule has 0 aliphatic carbocycles. The summed E-state index contributed by atoms with van der Waals surface area (Å²) in [6.07, 6.45) is 8.03. The Kier molecular flexibility index (Phi) is 6.07. The highest BCUT2D eigenvalue weighted by atomic mass is 16.3. The van der Waals surface area contributed by atoms with Crippen LogP contribution >= 0.6 is 0 Å². The zero-order chi connectivity index (χ0) is 32.5. The van der Waals surface area contributed by atoms with Crippen molar-refractivity contribution in [2.24, 2.45) is 0 Å². The smallest absolute Gasteiger partial charge is 0.117 e. The molecular formula is C40H30N4O4. The minimum atomic E-state index is -0.166. The van der Waals surface area contributed by atoms with Crippen molar-refractivity contribution in [3.8, 4) is 23.0 Å². The molecule has 0 fully saturated rings. The van der Waals surface area contributed by atoms with Crippen molar-refractivity contribution in [1.82, 2.24) is 19.9 Å². The lowest BCUT2D eigenvalue weighted by atomic mass is 9.81. The molecule has 5 aromatic carbocycles. The summed E-state index contributed by atoms with van der Waals surface area (Å²) in [5.74, 6) is 0.467. The fourth-order valence-electron chi connectivity index (χ4n) is 7.44. The minimum Gasteiger partial charge on any atom is -0.508 e. The molecular weight excluding hydrogens is 600 g/mol. The number of fused-ring (bicyclic) bond motifs is 4. The third-order valence-electron chi connectivity index (χ3n) is 9.64. The number of hydrogen-bond acceptors (Lipinski definition) is 4. The summed E-state index contributed by atoms with van der Waals surface area (Å²) in [7, 11) is 0. The molecule has 8 heteroatoms. The predicted octanol–water partition coefficient (Wildman–Crippen LogP) is 8.79. The SMILES string of the molecule is Oc1ccc2c(C(c3ccc(C(c4c[nH]c5cc(O)ccc45)c4c[nH]c5cc(O)ccc45)cc3)c3c[nH]c4cc(O)ccc34)c[nH]c2c1. The molecule has 0 spiro atoms. The van der Waals surface area contributed by atoms with Crippen molar-refractivity contribution < 1.29 is 20.4 Å². The summed E-state index contributed by atoms with van der Waals surface area (Å²) in [5.41, 5.74) is 9.81. The number of hydrogen-bond donors (Lipinski definition) is 8. The summed E-state index contributed by atoms with van der Waals surface area (Å²) in [4.78, 5) is 13.4. The number of aromatic hydroxyl groups is 4. The second kappa shape index (κ2) is 10.5. The van der Waals surface area contributed by atoms with E-state index in [4.69, 9.17) is 0 Å². The number of nitrogens with one attached hydrogen (secondary N) is 4. The van der Waals surface area contributed by atoms with Crippen LogP contribution in [0.15, 0.2) is 122 Å². The lowest BCUT2D eigenvalue weighted by molar-refractivity contribution is 0.475. The summed E-state index contributed by atoms with van der Waals surface area (Å²) in [6, 6.07) is 30.2. The van der Waals surface area contributed by atoms with E-state index in [9.17, 15) is 20.4 Å². The van der Waals surface area contributed by atoms with Crippen LogP contribution in [0.25, 0.3) is 43.6 Å². The zero-order valence-corrected chi connectivity index (χ0v) is 25.5. The van der Waals surface area contributed by atoms with Gasteiger partial charge in [-0.15, -0.1) is 0 Å². The standard InChI is InChI=1S/C40H30N4O4/c45-23-5-9-27-31(17-41-35(27)13-23)39(32-18-42-36-14-24(46)6-10-28(32)36)21-1-2-22(4-3-21)40(33-19-43-37-15-25(47)7-11-29(33)37)34-20-44-38-16-26(48)8-12-30(34)38/h1-20,39-48H. The normalized spacial score (nSPS) is 12.0. The molecule has 0 unspecified atom stereocenters. The van der Waals surface area contributed by atoms with Crippen molar-refractivity contribution >= 4 is 43.6 Å². The van der Waals surface area contributed by atoms with Gasteiger partial charge in [-0.1, -0.05) is 24.3 Å². The molecule has 8 nitrogen and oxygen atoms in total. The highest BCUT2D eigenvalue weighted by Gasteiger charge is 2.27. The van der Waals surface area contributed by atoms with E-state index < -0.39 is 0 Å². The maximum absolute atomic E-state index is 10.2. The van der Waals surface area contributed by atoms with E-state index in [2.05, 4.69) is 44.2 Å². The molecule has 0 atom stereocenters. The molecule has 0 bridgehead atoms. The summed E-state index contributed by atoms with van der Waals surface area (Å²) in [5, 5.41) is 44.7. The Morgan fingerprint density at radius 1 is 0.333 bits per heavy atom. The van der Waals surface area contributed by atoms with Crippen LogP contribution in [0.5, 0.6) is 23.0 Å². The van der Waals surface area contributed by atoms with Crippen LogP contribution < -0.4 is 0 Å². The zero-order valence-electron chi connectivity index (χ0n) is 25.5. The van der Waals surface area contributed by atoms with Crippen molar-refractivity contribution in [3.05, 3.63) is 155 Å². The molecule has 9 rings (SSSR count). The van der Waals surface area contributed by atoms with E-state index >= 15 is 0 Å². The molecule has 4 aromatic heterocycles. The first-order valence-corrected chi connectivity index (χ1v) is 15.7. The molecule has 234 valence electrons. The number of phenols is 4. The Morgan fingerprint density at radius 3 is 0.833 bits per heavy atom. The van der Waals surface area contributed by atoms with Gasteiger partial charge in [0, 0.05) is 105 Å². The fourth-order valence-corrected chi connectivity index (χ4v) is 7.44. The Bertz CT molecular complexity index is 2300. The average Bonchev–Trinajstić information content (AvgIpc) is 3.88. The highest BCUT2D eigenvalue weighted by Crippen LogP contribution is 2.44. The van der Waals surface area contributed by atoms with Gasteiger partial charge in [0.1, 0.15) is 23.0 Å². The van der Waals surface area contributed by atoms with Gasteiger partial charge in [0.15, 0.2) is 0 Å². The number of phenolic OH excluding ortho intramolecular Hbond substituents is 4. The summed E-state index contributed by atoms with van der Waals surface area (Å²) >= 11 is 0. The van der Waals surface area contributed by atoms with Crippen molar-refractivity contribution in [1.29, 1.82) is 0 Å². The van der Waals surface area contributed by atoms with Gasteiger partial charge in [0.05, 0.1) is 0 Å². The van der Waals surface area contributed by atoms with E-state index in [0.29, 0.717) is 0 Å². The van der Waals surface area contributed by atoms with Gasteiger partial charge in [-0.2, -0.15) is 0 Å². The fraction of sp³-hybridized carbons (Fsp3) is 0.0500. The van der Waals surface area contributed by atoms with Gasteiger partial charge < -0.3 is 40.4 Å². The Morgan fingerprint density at radius 2 is 0.583 bits per heavy atom. The van der Waals surface area contributed by atoms with Crippen molar-refractivity contribution in [2.45, 2.75) is 11.8 Å². The van der Waals surface area contributed by atoms with E-state index in [1.54, 1.807) is 48.5 Å². The third-order valence-corrected chi connectivity index (χ3v) is 9.64. The molecule has 8 N–H and O–H groups in total. The molecule has 0 saturated heterocycles. The van der Waals surface area contributed by atoms with Crippen LogP contribution in [0.3, 0.4) is 0 Å². The summed E-state index contributed by atoms with van der Waals surface area (Å²) < 4.78 is 0. The number of aromatic nitrogens is 4. The molecule has 9 aromatic rings. The second-order valence-electron chi connectivity index (χ2n) is 12.4.